The Morgan fingerprint density at radius 3 is 2.46 bits per heavy atom. The lowest BCUT2D eigenvalue weighted by atomic mass is 10.0. The van der Waals surface area contributed by atoms with Gasteiger partial charge < -0.3 is 9.64 Å². The molecule has 0 atom stereocenters. The van der Waals surface area contributed by atoms with Crippen molar-refractivity contribution in [1.29, 1.82) is 0 Å². The third-order valence-electron chi connectivity index (χ3n) is 4.67. The fourth-order valence-electron chi connectivity index (χ4n) is 3.12. The van der Waals surface area contributed by atoms with Crippen molar-refractivity contribution in [2.75, 3.05) is 14.2 Å². The number of ether oxygens (including phenoxy) is 1. The lowest BCUT2D eigenvalue weighted by molar-refractivity contribution is 0.0773. The molecule has 6 nitrogen and oxygen atoms in total. The molecule has 0 spiro atoms. The highest BCUT2D eigenvalue weighted by Gasteiger charge is 2.20. The quantitative estimate of drug-likeness (QED) is 0.651. The number of carbonyl (C=O) groups excluding carboxylic acids is 1. The highest BCUT2D eigenvalue weighted by molar-refractivity contribution is 5.90. The lowest BCUT2D eigenvalue weighted by Crippen LogP contribution is -2.27. The van der Waals surface area contributed by atoms with Crippen molar-refractivity contribution >= 4 is 5.91 Å². The zero-order chi connectivity index (χ0) is 20.3. The fourth-order valence-corrected chi connectivity index (χ4v) is 3.12. The van der Waals surface area contributed by atoms with Crippen molar-refractivity contribution < 1.29 is 9.53 Å². The summed E-state index contributed by atoms with van der Waals surface area (Å²) in [6.07, 6.45) is 0. The predicted octanol–water partition coefficient (Wildman–Crippen LogP) is 3.98. The summed E-state index contributed by atoms with van der Waals surface area (Å²) in [6, 6.07) is 15.7. The first-order valence-corrected chi connectivity index (χ1v) is 9.32. The van der Waals surface area contributed by atoms with Crippen molar-refractivity contribution in [2.24, 2.45) is 0 Å². The van der Waals surface area contributed by atoms with Crippen LogP contribution in [0.5, 0.6) is 5.75 Å². The van der Waals surface area contributed by atoms with E-state index < -0.39 is 0 Å². The summed E-state index contributed by atoms with van der Waals surface area (Å²) < 4.78 is 6.93. The van der Waals surface area contributed by atoms with Gasteiger partial charge in [-0.15, -0.1) is 5.10 Å². The molecule has 146 valence electrons. The number of nitrogens with zero attached hydrogens (tertiary/aromatic N) is 4. The van der Waals surface area contributed by atoms with Crippen molar-refractivity contribution in [1.82, 2.24) is 19.7 Å². The number of rotatable bonds is 6. The Morgan fingerprint density at radius 2 is 1.82 bits per heavy atom. The van der Waals surface area contributed by atoms with Gasteiger partial charge in [-0.05, 0) is 42.2 Å². The number of hydrogen-bond acceptors (Lipinski definition) is 4. The third kappa shape index (κ3) is 4.06. The number of amides is 1. The summed E-state index contributed by atoms with van der Waals surface area (Å²) in [5.74, 6) is 1.82. The van der Waals surface area contributed by atoms with Crippen molar-refractivity contribution in [3.05, 3.63) is 71.3 Å². The second-order valence-corrected chi connectivity index (χ2v) is 7.12. The minimum Gasteiger partial charge on any atom is -0.497 e. The average molecular weight is 378 g/mol. The van der Waals surface area contributed by atoms with E-state index in [0.717, 1.165) is 17.0 Å². The van der Waals surface area contributed by atoms with Crippen LogP contribution in [0.3, 0.4) is 0 Å². The van der Waals surface area contributed by atoms with E-state index in [0.29, 0.717) is 18.3 Å². The molecule has 0 unspecified atom stereocenters. The van der Waals surface area contributed by atoms with Crippen LogP contribution in [0.4, 0.5) is 0 Å². The zero-order valence-electron chi connectivity index (χ0n) is 17.0. The molecule has 3 rings (SSSR count). The van der Waals surface area contributed by atoms with Gasteiger partial charge in [-0.2, -0.15) is 0 Å². The van der Waals surface area contributed by atoms with E-state index in [1.165, 1.54) is 5.56 Å². The van der Waals surface area contributed by atoms with Gasteiger partial charge in [0.2, 0.25) is 5.82 Å². The molecule has 1 heterocycles. The van der Waals surface area contributed by atoms with Gasteiger partial charge in [0.25, 0.3) is 5.91 Å². The first-order valence-electron chi connectivity index (χ1n) is 9.32. The smallest absolute Gasteiger partial charge is 0.293 e. The van der Waals surface area contributed by atoms with Crippen LogP contribution in [0.2, 0.25) is 0 Å². The molecule has 2 aromatic carbocycles. The molecule has 6 heteroatoms. The number of carbonyl (C=O) groups is 1. The average Bonchev–Trinajstić information content (AvgIpc) is 3.09. The van der Waals surface area contributed by atoms with Gasteiger partial charge in [0.05, 0.1) is 12.8 Å². The fraction of sp³-hybridized carbons (Fsp3) is 0.318. The van der Waals surface area contributed by atoms with Crippen LogP contribution >= 0.6 is 0 Å². The maximum Gasteiger partial charge on any atom is 0.293 e. The number of para-hydroxylation sites is 1. The molecule has 1 amide bonds. The van der Waals surface area contributed by atoms with Crippen molar-refractivity contribution in [3.8, 4) is 11.4 Å². The molecule has 0 aliphatic carbocycles. The monoisotopic (exact) mass is 378 g/mol. The van der Waals surface area contributed by atoms with Gasteiger partial charge in [0, 0.05) is 13.6 Å². The maximum atomic E-state index is 12.9. The number of hydrogen-bond donors (Lipinski definition) is 0. The van der Waals surface area contributed by atoms with E-state index in [1.807, 2.05) is 49.4 Å². The summed E-state index contributed by atoms with van der Waals surface area (Å²) in [4.78, 5) is 18.9. The van der Waals surface area contributed by atoms with E-state index >= 15 is 0 Å². The molecule has 0 aliphatic heterocycles. The minimum atomic E-state index is -0.209. The summed E-state index contributed by atoms with van der Waals surface area (Å²) in [5, 5.41) is 4.51. The number of benzene rings is 2. The normalized spacial score (nSPS) is 10.9. The van der Waals surface area contributed by atoms with Crippen LogP contribution in [-0.4, -0.2) is 39.7 Å². The van der Waals surface area contributed by atoms with Gasteiger partial charge in [-0.25, -0.2) is 9.67 Å². The Hall–Kier alpha value is -3.15. The molecule has 0 saturated heterocycles. The van der Waals surface area contributed by atoms with Gasteiger partial charge in [-0.3, -0.25) is 4.79 Å². The molecular weight excluding hydrogens is 352 g/mol. The molecule has 0 aliphatic rings. The Kier molecular flexibility index (Phi) is 5.78. The van der Waals surface area contributed by atoms with Crippen molar-refractivity contribution in [3.63, 3.8) is 0 Å². The second kappa shape index (κ2) is 8.25. The zero-order valence-corrected chi connectivity index (χ0v) is 17.0. The second-order valence-electron chi connectivity index (χ2n) is 7.12. The van der Waals surface area contributed by atoms with E-state index in [-0.39, 0.29) is 11.7 Å². The predicted molar refractivity (Wildman–Crippen MR) is 109 cm³/mol. The van der Waals surface area contributed by atoms with Crippen LogP contribution in [0.15, 0.2) is 48.5 Å². The van der Waals surface area contributed by atoms with Crippen LogP contribution in [-0.2, 0) is 6.54 Å². The highest BCUT2D eigenvalue weighted by Crippen LogP contribution is 2.23. The Balaban J connectivity index is 1.82. The molecule has 0 radical (unpaired) electrons. The van der Waals surface area contributed by atoms with Crippen LogP contribution in [0.1, 0.15) is 47.3 Å². The highest BCUT2D eigenvalue weighted by atomic mass is 16.5. The lowest BCUT2D eigenvalue weighted by Gasteiger charge is -2.15. The Bertz CT molecular complexity index is 961. The number of methoxy groups -OCH3 is 1. The standard InChI is InChI=1S/C22H26N4O2/c1-15(2)19-8-6-7-9-20(19)26-16(3)23-21(24-26)22(27)25(4)14-17-10-12-18(28-5)13-11-17/h6-13,15H,14H2,1-5H3. The molecule has 0 bridgehead atoms. The van der Waals surface area contributed by atoms with Gasteiger partial charge in [0.1, 0.15) is 11.6 Å². The van der Waals surface area contributed by atoms with Gasteiger partial charge >= 0.3 is 0 Å². The number of aromatic nitrogens is 3. The van der Waals surface area contributed by atoms with Gasteiger partial charge in [0.15, 0.2) is 0 Å². The van der Waals surface area contributed by atoms with E-state index in [9.17, 15) is 4.79 Å². The Morgan fingerprint density at radius 1 is 1.14 bits per heavy atom. The van der Waals surface area contributed by atoms with Gasteiger partial charge in [-0.1, -0.05) is 44.2 Å². The summed E-state index contributed by atoms with van der Waals surface area (Å²) in [5.41, 5.74) is 3.14. The first kappa shape index (κ1) is 19.6. The third-order valence-corrected chi connectivity index (χ3v) is 4.67. The molecule has 0 N–H and O–H groups in total. The van der Waals surface area contributed by atoms with Crippen LogP contribution in [0.25, 0.3) is 5.69 Å². The maximum absolute atomic E-state index is 12.9. The topological polar surface area (TPSA) is 60.2 Å². The molecule has 1 aromatic heterocycles. The molecule has 0 saturated carbocycles. The summed E-state index contributed by atoms with van der Waals surface area (Å²) >= 11 is 0. The summed E-state index contributed by atoms with van der Waals surface area (Å²) in [6.45, 7) is 6.61. The molecule has 0 fully saturated rings. The summed E-state index contributed by atoms with van der Waals surface area (Å²) in [7, 11) is 3.39. The molecular formula is C22H26N4O2. The minimum absolute atomic E-state index is 0.201. The Labute approximate surface area is 165 Å². The van der Waals surface area contributed by atoms with E-state index in [4.69, 9.17) is 4.74 Å². The van der Waals surface area contributed by atoms with E-state index in [2.05, 4.69) is 30.0 Å². The van der Waals surface area contributed by atoms with Crippen LogP contribution < -0.4 is 4.74 Å². The van der Waals surface area contributed by atoms with E-state index in [1.54, 1.807) is 23.7 Å². The molecule has 28 heavy (non-hydrogen) atoms. The number of aryl methyl sites for hydroxylation is 1. The SMILES string of the molecule is COc1ccc(CN(C)C(=O)c2nc(C)n(-c3ccccc3C(C)C)n2)cc1. The van der Waals surface area contributed by atoms with Crippen molar-refractivity contribution in [2.45, 2.75) is 33.2 Å². The largest absolute Gasteiger partial charge is 0.497 e. The molecule has 3 aromatic rings. The van der Waals surface area contributed by atoms with Crippen LogP contribution in [0, 0.1) is 6.92 Å². The first-order chi connectivity index (χ1) is 13.4.